The first-order valence-corrected chi connectivity index (χ1v) is 5.27. The van der Waals surface area contributed by atoms with Crippen LogP contribution in [0.3, 0.4) is 0 Å². The van der Waals surface area contributed by atoms with E-state index < -0.39 is 0 Å². The molecule has 0 aliphatic carbocycles. The van der Waals surface area contributed by atoms with Gasteiger partial charge in [0.1, 0.15) is 18.6 Å². The predicted octanol–water partition coefficient (Wildman–Crippen LogP) is 0.533. The molecule has 5 nitrogen and oxygen atoms in total. The smallest absolute Gasteiger partial charge is 0.240 e. The number of nitrogens with zero attached hydrogens (tertiary/aromatic N) is 3. The minimum atomic E-state index is 0.490. The predicted molar refractivity (Wildman–Crippen MR) is 57.6 cm³/mol. The van der Waals surface area contributed by atoms with Crippen molar-refractivity contribution in [2.24, 2.45) is 0 Å². The zero-order valence-electron chi connectivity index (χ0n) is 8.72. The average molecular weight is 208 g/mol. The molecule has 1 saturated heterocycles. The van der Waals surface area contributed by atoms with E-state index in [4.69, 9.17) is 10.5 Å². The highest BCUT2D eigenvalue weighted by Crippen LogP contribution is 2.14. The molecule has 1 aromatic heterocycles. The summed E-state index contributed by atoms with van der Waals surface area (Å²) in [5.41, 5.74) is 6.15. The van der Waals surface area contributed by atoms with E-state index in [1.165, 1.54) is 32.3 Å². The van der Waals surface area contributed by atoms with Crippen LogP contribution in [0.5, 0.6) is 5.88 Å². The summed E-state index contributed by atoms with van der Waals surface area (Å²) in [6, 6.07) is 0. The first-order valence-electron chi connectivity index (χ1n) is 5.27. The summed E-state index contributed by atoms with van der Waals surface area (Å²) in [6.45, 7) is 3.95. The van der Waals surface area contributed by atoms with Gasteiger partial charge in [-0.05, 0) is 25.9 Å². The third kappa shape index (κ3) is 2.79. The molecule has 0 aromatic carbocycles. The van der Waals surface area contributed by atoms with E-state index in [2.05, 4.69) is 14.9 Å². The Morgan fingerprint density at radius 1 is 1.40 bits per heavy atom. The lowest BCUT2D eigenvalue weighted by Crippen LogP contribution is -2.25. The van der Waals surface area contributed by atoms with Crippen LogP contribution in [0.25, 0.3) is 0 Å². The minimum absolute atomic E-state index is 0.490. The van der Waals surface area contributed by atoms with Crippen molar-refractivity contribution >= 4 is 5.69 Å². The maximum absolute atomic E-state index is 5.65. The van der Waals surface area contributed by atoms with Gasteiger partial charge in [0.25, 0.3) is 0 Å². The van der Waals surface area contributed by atoms with Crippen LogP contribution in [0.1, 0.15) is 12.8 Å². The van der Waals surface area contributed by atoms with Crippen molar-refractivity contribution in [2.75, 3.05) is 32.0 Å². The fourth-order valence-corrected chi connectivity index (χ4v) is 1.73. The summed E-state index contributed by atoms with van der Waals surface area (Å²) >= 11 is 0. The van der Waals surface area contributed by atoms with Crippen molar-refractivity contribution in [1.29, 1.82) is 0 Å². The van der Waals surface area contributed by atoms with E-state index in [-0.39, 0.29) is 0 Å². The molecule has 0 radical (unpaired) electrons. The number of likely N-dealkylation sites (tertiary alicyclic amines) is 1. The molecule has 1 fully saturated rings. The van der Waals surface area contributed by atoms with Crippen molar-refractivity contribution in [1.82, 2.24) is 14.9 Å². The fraction of sp³-hybridized carbons (Fsp3) is 0.600. The van der Waals surface area contributed by atoms with Crippen LogP contribution < -0.4 is 10.5 Å². The number of hydrogen-bond donors (Lipinski definition) is 1. The highest BCUT2D eigenvalue weighted by Gasteiger charge is 2.11. The Labute approximate surface area is 89.3 Å². The van der Waals surface area contributed by atoms with E-state index in [9.17, 15) is 0 Å². The maximum Gasteiger partial charge on any atom is 0.240 e. The van der Waals surface area contributed by atoms with Crippen molar-refractivity contribution in [3.63, 3.8) is 0 Å². The lowest BCUT2D eigenvalue weighted by atomic mass is 10.4. The second-order valence-corrected chi connectivity index (χ2v) is 3.68. The Morgan fingerprint density at radius 3 is 2.93 bits per heavy atom. The number of rotatable bonds is 4. The minimum Gasteiger partial charge on any atom is -0.475 e. The zero-order valence-corrected chi connectivity index (χ0v) is 8.72. The van der Waals surface area contributed by atoms with Crippen LogP contribution in [0.2, 0.25) is 0 Å². The van der Waals surface area contributed by atoms with E-state index >= 15 is 0 Å². The van der Waals surface area contributed by atoms with Crippen molar-refractivity contribution in [2.45, 2.75) is 12.8 Å². The van der Waals surface area contributed by atoms with Gasteiger partial charge in [0.2, 0.25) is 5.88 Å². The van der Waals surface area contributed by atoms with Crippen molar-refractivity contribution in [3.8, 4) is 5.88 Å². The van der Waals surface area contributed by atoms with Gasteiger partial charge in [-0.15, -0.1) is 0 Å². The van der Waals surface area contributed by atoms with Gasteiger partial charge in [0.05, 0.1) is 6.20 Å². The summed E-state index contributed by atoms with van der Waals surface area (Å²) in [5, 5.41) is 0. The lowest BCUT2D eigenvalue weighted by Gasteiger charge is -2.14. The summed E-state index contributed by atoms with van der Waals surface area (Å²) in [4.78, 5) is 10.2. The summed E-state index contributed by atoms with van der Waals surface area (Å²) in [7, 11) is 0. The van der Waals surface area contributed by atoms with Gasteiger partial charge in [-0.25, -0.2) is 9.97 Å². The van der Waals surface area contributed by atoms with Crippen LogP contribution in [0.15, 0.2) is 12.5 Å². The molecule has 82 valence electrons. The van der Waals surface area contributed by atoms with Gasteiger partial charge in [0, 0.05) is 6.54 Å². The first-order chi connectivity index (χ1) is 7.36. The Balaban J connectivity index is 1.75. The third-order valence-electron chi connectivity index (χ3n) is 2.55. The quantitative estimate of drug-likeness (QED) is 0.782. The molecule has 2 rings (SSSR count). The SMILES string of the molecule is Nc1cncnc1OCCN1CCCC1. The fourth-order valence-electron chi connectivity index (χ4n) is 1.73. The Kier molecular flexibility index (Phi) is 3.34. The number of hydrogen-bond acceptors (Lipinski definition) is 5. The molecule has 15 heavy (non-hydrogen) atoms. The molecule has 0 spiro atoms. The summed E-state index contributed by atoms with van der Waals surface area (Å²) in [5.74, 6) is 0.490. The second kappa shape index (κ2) is 4.93. The van der Waals surface area contributed by atoms with Crippen molar-refractivity contribution < 1.29 is 4.74 Å². The molecular formula is C10H16N4O. The Morgan fingerprint density at radius 2 is 2.20 bits per heavy atom. The first kappa shape index (κ1) is 10.2. The normalized spacial score (nSPS) is 16.8. The van der Waals surface area contributed by atoms with E-state index in [1.807, 2.05) is 0 Å². The van der Waals surface area contributed by atoms with Crippen LogP contribution in [-0.2, 0) is 0 Å². The van der Waals surface area contributed by atoms with Gasteiger partial charge in [0.15, 0.2) is 0 Å². The monoisotopic (exact) mass is 208 g/mol. The standard InChI is InChI=1S/C10H16N4O/c11-9-7-12-8-13-10(9)15-6-5-14-3-1-2-4-14/h7-8H,1-6,11H2. The van der Waals surface area contributed by atoms with Gasteiger partial charge >= 0.3 is 0 Å². The number of ether oxygens (including phenoxy) is 1. The lowest BCUT2D eigenvalue weighted by molar-refractivity contribution is 0.232. The van der Waals surface area contributed by atoms with Gasteiger partial charge in [-0.3, -0.25) is 4.90 Å². The highest BCUT2D eigenvalue weighted by atomic mass is 16.5. The third-order valence-corrected chi connectivity index (χ3v) is 2.55. The Hall–Kier alpha value is -1.36. The summed E-state index contributed by atoms with van der Waals surface area (Å²) < 4.78 is 5.48. The van der Waals surface area contributed by atoms with Crippen LogP contribution in [0, 0.1) is 0 Å². The molecule has 0 atom stereocenters. The molecule has 0 amide bonds. The zero-order chi connectivity index (χ0) is 10.5. The number of nitrogens with two attached hydrogens (primary N) is 1. The topological polar surface area (TPSA) is 64.3 Å². The molecule has 1 aromatic rings. The Bertz CT molecular complexity index is 312. The van der Waals surface area contributed by atoms with Crippen LogP contribution >= 0.6 is 0 Å². The highest BCUT2D eigenvalue weighted by molar-refractivity contribution is 5.44. The molecule has 0 saturated carbocycles. The van der Waals surface area contributed by atoms with E-state index in [0.29, 0.717) is 18.2 Å². The largest absolute Gasteiger partial charge is 0.475 e. The molecule has 0 unspecified atom stereocenters. The number of aromatic nitrogens is 2. The van der Waals surface area contributed by atoms with E-state index in [0.717, 1.165) is 6.54 Å². The molecule has 0 bridgehead atoms. The molecular weight excluding hydrogens is 192 g/mol. The molecule has 5 heteroatoms. The molecule has 2 heterocycles. The molecule has 1 aliphatic rings. The van der Waals surface area contributed by atoms with Gasteiger partial charge in [-0.1, -0.05) is 0 Å². The summed E-state index contributed by atoms with van der Waals surface area (Å²) in [6.07, 6.45) is 5.60. The second-order valence-electron chi connectivity index (χ2n) is 3.68. The van der Waals surface area contributed by atoms with E-state index in [1.54, 1.807) is 6.20 Å². The average Bonchev–Trinajstić information content (AvgIpc) is 2.74. The van der Waals surface area contributed by atoms with Crippen LogP contribution in [0.4, 0.5) is 5.69 Å². The number of anilines is 1. The van der Waals surface area contributed by atoms with Crippen LogP contribution in [-0.4, -0.2) is 41.1 Å². The van der Waals surface area contributed by atoms with Gasteiger partial charge in [-0.2, -0.15) is 0 Å². The molecule has 2 N–H and O–H groups in total. The number of nitrogen functional groups attached to an aromatic ring is 1. The molecule has 1 aliphatic heterocycles. The van der Waals surface area contributed by atoms with Crippen molar-refractivity contribution in [3.05, 3.63) is 12.5 Å². The van der Waals surface area contributed by atoms with Gasteiger partial charge < -0.3 is 10.5 Å². The maximum atomic E-state index is 5.65.